The van der Waals surface area contributed by atoms with Gasteiger partial charge in [-0.3, -0.25) is 9.88 Å². The molecular formula is C14H22N2. The highest BCUT2D eigenvalue weighted by Crippen LogP contribution is 2.30. The molecule has 2 nitrogen and oxygen atoms in total. The summed E-state index contributed by atoms with van der Waals surface area (Å²) in [7, 11) is 0. The molecule has 2 heteroatoms. The molecule has 0 bridgehead atoms. The maximum atomic E-state index is 4.11. The monoisotopic (exact) mass is 218 g/mol. The molecule has 88 valence electrons. The van der Waals surface area contributed by atoms with Gasteiger partial charge in [-0.2, -0.15) is 0 Å². The molecule has 0 radical (unpaired) electrons. The lowest BCUT2D eigenvalue weighted by atomic mass is 9.95. The van der Waals surface area contributed by atoms with E-state index in [1.807, 2.05) is 12.4 Å². The van der Waals surface area contributed by atoms with Crippen LogP contribution in [-0.4, -0.2) is 23.0 Å². The van der Waals surface area contributed by atoms with E-state index in [0.717, 1.165) is 5.92 Å². The van der Waals surface area contributed by atoms with Gasteiger partial charge in [0.2, 0.25) is 0 Å². The summed E-state index contributed by atoms with van der Waals surface area (Å²) in [6.07, 6.45) is 7.85. The van der Waals surface area contributed by atoms with Gasteiger partial charge in [0.15, 0.2) is 0 Å². The summed E-state index contributed by atoms with van der Waals surface area (Å²) in [4.78, 5) is 6.75. The summed E-state index contributed by atoms with van der Waals surface area (Å²) in [5, 5.41) is 0. The zero-order valence-electron chi connectivity index (χ0n) is 10.4. The summed E-state index contributed by atoms with van der Waals surface area (Å²) >= 11 is 0. The van der Waals surface area contributed by atoms with Crippen molar-refractivity contribution in [3.8, 4) is 0 Å². The van der Waals surface area contributed by atoms with Crippen molar-refractivity contribution in [2.75, 3.05) is 13.1 Å². The van der Waals surface area contributed by atoms with Crippen LogP contribution < -0.4 is 0 Å². The number of hydrogen-bond acceptors (Lipinski definition) is 2. The van der Waals surface area contributed by atoms with Gasteiger partial charge >= 0.3 is 0 Å². The Labute approximate surface area is 98.7 Å². The van der Waals surface area contributed by atoms with Crippen LogP contribution in [0.1, 0.15) is 44.7 Å². The van der Waals surface area contributed by atoms with E-state index in [0.29, 0.717) is 6.04 Å². The third-order valence-corrected chi connectivity index (χ3v) is 3.30. The number of piperidine rings is 1. The maximum absolute atomic E-state index is 4.11. The Morgan fingerprint density at radius 1 is 1.31 bits per heavy atom. The summed E-state index contributed by atoms with van der Waals surface area (Å²) in [6, 6.07) is 4.96. The van der Waals surface area contributed by atoms with Crippen molar-refractivity contribution in [2.45, 2.75) is 39.2 Å². The van der Waals surface area contributed by atoms with Crippen LogP contribution in [0.2, 0.25) is 0 Å². The largest absolute Gasteiger partial charge is 0.296 e. The molecule has 0 N–H and O–H groups in total. The molecule has 1 aliphatic heterocycles. The topological polar surface area (TPSA) is 16.1 Å². The first-order chi connectivity index (χ1) is 7.77. The fourth-order valence-corrected chi connectivity index (χ4v) is 2.64. The number of rotatable bonds is 3. The molecule has 1 aromatic heterocycles. The van der Waals surface area contributed by atoms with Crippen molar-refractivity contribution in [3.05, 3.63) is 30.1 Å². The van der Waals surface area contributed by atoms with E-state index in [-0.39, 0.29) is 0 Å². The van der Waals surface area contributed by atoms with Gasteiger partial charge in [0.25, 0.3) is 0 Å². The lowest BCUT2D eigenvalue weighted by Crippen LogP contribution is -2.36. The Balaban J connectivity index is 2.10. The van der Waals surface area contributed by atoms with E-state index < -0.39 is 0 Å². The van der Waals surface area contributed by atoms with E-state index >= 15 is 0 Å². The molecule has 16 heavy (non-hydrogen) atoms. The predicted octanol–water partition coefficient (Wildman–Crippen LogP) is 3.26. The molecule has 1 fully saturated rings. The third kappa shape index (κ3) is 2.82. The number of pyridine rings is 1. The van der Waals surface area contributed by atoms with Crippen LogP contribution in [0.5, 0.6) is 0 Å². The summed E-state index contributed by atoms with van der Waals surface area (Å²) in [5.74, 6) is 0.752. The SMILES string of the molecule is CC(C)CN1CCCCC1c1ccncc1. The minimum Gasteiger partial charge on any atom is -0.296 e. The molecule has 0 saturated carbocycles. The van der Waals surface area contributed by atoms with Gasteiger partial charge in [0.05, 0.1) is 0 Å². The Bertz CT molecular complexity index is 308. The van der Waals surface area contributed by atoms with Gasteiger partial charge in [0.1, 0.15) is 0 Å². The average molecular weight is 218 g/mol. The first-order valence-electron chi connectivity index (χ1n) is 6.41. The molecule has 0 aromatic carbocycles. The minimum atomic E-state index is 0.624. The maximum Gasteiger partial charge on any atom is 0.0349 e. The Morgan fingerprint density at radius 3 is 2.75 bits per heavy atom. The van der Waals surface area contributed by atoms with Gasteiger partial charge in [-0.1, -0.05) is 20.3 Å². The molecular weight excluding hydrogens is 196 g/mol. The van der Waals surface area contributed by atoms with Crippen molar-refractivity contribution in [1.29, 1.82) is 0 Å². The Kier molecular flexibility index (Phi) is 3.94. The fraction of sp³-hybridized carbons (Fsp3) is 0.643. The quantitative estimate of drug-likeness (QED) is 0.774. The lowest BCUT2D eigenvalue weighted by Gasteiger charge is -2.37. The normalized spacial score (nSPS) is 22.6. The van der Waals surface area contributed by atoms with Gasteiger partial charge in [-0.05, 0) is 43.0 Å². The molecule has 1 unspecified atom stereocenters. The fourth-order valence-electron chi connectivity index (χ4n) is 2.64. The lowest BCUT2D eigenvalue weighted by molar-refractivity contribution is 0.132. The first kappa shape index (κ1) is 11.6. The molecule has 1 atom stereocenters. The van der Waals surface area contributed by atoms with Crippen LogP contribution in [0.25, 0.3) is 0 Å². The molecule has 0 amide bonds. The number of likely N-dealkylation sites (tertiary alicyclic amines) is 1. The molecule has 1 saturated heterocycles. The van der Waals surface area contributed by atoms with Crippen molar-refractivity contribution in [1.82, 2.24) is 9.88 Å². The Morgan fingerprint density at radius 2 is 2.06 bits per heavy atom. The zero-order chi connectivity index (χ0) is 11.4. The smallest absolute Gasteiger partial charge is 0.0349 e. The van der Waals surface area contributed by atoms with Gasteiger partial charge < -0.3 is 0 Å². The average Bonchev–Trinajstić information content (AvgIpc) is 2.30. The number of hydrogen-bond donors (Lipinski definition) is 0. The van der Waals surface area contributed by atoms with Crippen molar-refractivity contribution in [2.24, 2.45) is 5.92 Å². The summed E-state index contributed by atoms with van der Waals surface area (Å²) in [5.41, 5.74) is 1.44. The highest BCUT2D eigenvalue weighted by molar-refractivity contribution is 5.15. The second kappa shape index (κ2) is 5.44. The van der Waals surface area contributed by atoms with E-state index in [1.54, 1.807) is 0 Å². The highest BCUT2D eigenvalue weighted by Gasteiger charge is 2.23. The molecule has 2 heterocycles. The van der Waals surface area contributed by atoms with Gasteiger partial charge in [-0.25, -0.2) is 0 Å². The van der Waals surface area contributed by atoms with Crippen LogP contribution in [0, 0.1) is 5.92 Å². The highest BCUT2D eigenvalue weighted by atomic mass is 15.2. The second-order valence-corrected chi connectivity index (χ2v) is 5.18. The number of nitrogens with zero attached hydrogens (tertiary/aromatic N) is 2. The predicted molar refractivity (Wildman–Crippen MR) is 67.2 cm³/mol. The molecule has 0 aliphatic carbocycles. The van der Waals surface area contributed by atoms with Crippen molar-refractivity contribution in [3.63, 3.8) is 0 Å². The second-order valence-electron chi connectivity index (χ2n) is 5.18. The van der Waals surface area contributed by atoms with E-state index in [4.69, 9.17) is 0 Å². The summed E-state index contributed by atoms with van der Waals surface area (Å²) < 4.78 is 0. The van der Waals surface area contributed by atoms with E-state index in [9.17, 15) is 0 Å². The van der Waals surface area contributed by atoms with Crippen LogP contribution in [0.3, 0.4) is 0 Å². The Hall–Kier alpha value is -0.890. The van der Waals surface area contributed by atoms with E-state index in [1.165, 1.54) is 37.9 Å². The van der Waals surface area contributed by atoms with E-state index in [2.05, 4.69) is 35.9 Å². The van der Waals surface area contributed by atoms with Gasteiger partial charge in [0, 0.05) is 25.0 Å². The van der Waals surface area contributed by atoms with Crippen LogP contribution >= 0.6 is 0 Å². The minimum absolute atomic E-state index is 0.624. The summed E-state index contributed by atoms with van der Waals surface area (Å²) in [6.45, 7) is 7.08. The molecule has 2 rings (SSSR count). The van der Waals surface area contributed by atoms with Crippen LogP contribution in [0.15, 0.2) is 24.5 Å². The van der Waals surface area contributed by atoms with Crippen molar-refractivity contribution < 1.29 is 0 Å². The number of aromatic nitrogens is 1. The van der Waals surface area contributed by atoms with Crippen LogP contribution in [-0.2, 0) is 0 Å². The molecule has 1 aliphatic rings. The van der Waals surface area contributed by atoms with Crippen molar-refractivity contribution >= 4 is 0 Å². The van der Waals surface area contributed by atoms with Gasteiger partial charge in [-0.15, -0.1) is 0 Å². The molecule has 0 spiro atoms. The third-order valence-electron chi connectivity index (χ3n) is 3.30. The van der Waals surface area contributed by atoms with Crippen LogP contribution in [0.4, 0.5) is 0 Å². The zero-order valence-corrected chi connectivity index (χ0v) is 10.4. The first-order valence-corrected chi connectivity index (χ1v) is 6.41. The standard InChI is InChI=1S/C14H22N2/c1-12(2)11-16-10-4-3-5-14(16)13-6-8-15-9-7-13/h6-9,12,14H,3-5,10-11H2,1-2H3. The molecule has 1 aromatic rings.